The van der Waals surface area contributed by atoms with E-state index in [2.05, 4.69) is 5.10 Å². The zero-order valence-electron chi connectivity index (χ0n) is 4.96. The van der Waals surface area contributed by atoms with Gasteiger partial charge in [-0.15, -0.1) is 0 Å². The molecule has 44 valence electrons. The maximum Gasteiger partial charge on any atom is 0.0503 e. The van der Waals surface area contributed by atoms with Gasteiger partial charge >= 0.3 is 0 Å². The molecule has 0 amide bonds. The van der Waals surface area contributed by atoms with E-state index in [1.807, 2.05) is 23.3 Å². The van der Waals surface area contributed by atoms with Crippen LogP contribution >= 0.6 is 11.9 Å². The van der Waals surface area contributed by atoms with Gasteiger partial charge in [-0.1, -0.05) is 0 Å². The fraction of sp³-hybridized carbons (Fsp3) is 0.400. The zero-order chi connectivity index (χ0) is 5.98. The van der Waals surface area contributed by atoms with Gasteiger partial charge in [0, 0.05) is 11.9 Å². The standard InChI is InChI=1S/C5H8N2S/c1-5-3-4-6-7(5)8-2/h3-4H,1-2H3. The Balaban J connectivity index is 2.92. The van der Waals surface area contributed by atoms with E-state index in [4.69, 9.17) is 0 Å². The highest BCUT2D eigenvalue weighted by Crippen LogP contribution is 2.02. The van der Waals surface area contributed by atoms with Crippen LogP contribution in [0.15, 0.2) is 12.3 Å². The van der Waals surface area contributed by atoms with Gasteiger partial charge in [0.05, 0.1) is 6.20 Å². The van der Waals surface area contributed by atoms with Crippen LogP contribution in [-0.4, -0.2) is 15.4 Å². The molecular formula is C5H8N2S. The summed E-state index contributed by atoms with van der Waals surface area (Å²) in [6.07, 6.45) is 3.80. The van der Waals surface area contributed by atoms with Crippen LogP contribution in [0.25, 0.3) is 0 Å². The van der Waals surface area contributed by atoms with Gasteiger partial charge in [0.1, 0.15) is 0 Å². The number of aryl methyl sites for hydroxylation is 1. The molecule has 0 N–H and O–H groups in total. The van der Waals surface area contributed by atoms with E-state index in [0.717, 1.165) is 0 Å². The van der Waals surface area contributed by atoms with Gasteiger partial charge < -0.3 is 0 Å². The lowest BCUT2D eigenvalue weighted by molar-refractivity contribution is 0.972. The normalized spacial score (nSPS) is 9.75. The molecule has 1 rings (SSSR count). The zero-order valence-corrected chi connectivity index (χ0v) is 5.77. The average molecular weight is 128 g/mol. The molecule has 0 saturated carbocycles. The summed E-state index contributed by atoms with van der Waals surface area (Å²) in [5, 5.41) is 4.01. The number of hydrogen-bond donors (Lipinski definition) is 0. The van der Waals surface area contributed by atoms with Gasteiger partial charge in [0.2, 0.25) is 0 Å². The van der Waals surface area contributed by atoms with E-state index in [1.54, 1.807) is 18.1 Å². The minimum Gasteiger partial charge on any atom is -0.212 e. The molecule has 0 aromatic carbocycles. The van der Waals surface area contributed by atoms with Crippen molar-refractivity contribution in [1.82, 2.24) is 9.19 Å². The molecule has 0 fully saturated rings. The summed E-state index contributed by atoms with van der Waals surface area (Å²) >= 11 is 1.61. The van der Waals surface area contributed by atoms with Crippen LogP contribution in [0.3, 0.4) is 0 Å². The Morgan fingerprint density at radius 2 is 2.50 bits per heavy atom. The summed E-state index contributed by atoms with van der Waals surface area (Å²) in [6, 6.07) is 1.98. The molecule has 1 heterocycles. The molecule has 0 atom stereocenters. The molecule has 0 aliphatic rings. The lowest BCUT2D eigenvalue weighted by Crippen LogP contribution is -1.87. The molecule has 0 saturated heterocycles. The first-order valence-electron chi connectivity index (χ1n) is 2.39. The highest BCUT2D eigenvalue weighted by molar-refractivity contribution is 7.97. The SMILES string of the molecule is CSn1nccc1C. The van der Waals surface area contributed by atoms with Crippen LogP contribution in [0.1, 0.15) is 5.69 Å². The first-order valence-corrected chi connectivity index (χ1v) is 3.58. The number of aromatic nitrogens is 2. The summed E-state index contributed by atoms with van der Waals surface area (Å²) < 4.78 is 1.88. The van der Waals surface area contributed by atoms with Gasteiger partial charge in [0.15, 0.2) is 0 Å². The summed E-state index contributed by atoms with van der Waals surface area (Å²) in [5.41, 5.74) is 1.19. The van der Waals surface area contributed by atoms with E-state index < -0.39 is 0 Å². The van der Waals surface area contributed by atoms with Crippen LogP contribution < -0.4 is 0 Å². The first kappa shape index (κ1) is 5.69. The van der Waals surface area contributed by atoms with Crippen molar-refractivity contribution in [3.63, 3.8) is 0 Å². The average Bonchev–Trinajstić information content (AvgIpc) is 2.14. The predicted octanol–water partition coefficient (Wildman–Crippen LogP) is 1.32. The number of hydrogen-bond acceptors (Lipinski definition) is 2. The predicted molar refractivity (Wildman–Crippen MR) is 35.9 cm³/mol. The summed E-state index contributed by atoms with van der Waals surface area (Å²) in [7, 11) is 0. The minimum atomic E-state index is 1.19. The lowest BCUT2D eigenvalue weighted by Gasteiger charge is -1.93. The number of rotatable bonds is 1. The Hall–Kier alpha value is -0.440. The monoisotopic (exact) mass is 128 g/mol. The van der Waals surface area contributed by atoms with Crippen molar-refractivity contribution in [3.05, 3.63) is 18.0 Å². The Labute approximate surface area is 53.0 Å². The third-order valence-corrected chi connectivity index (χ3v) is 1.69. The van der Waals surface area contributed by atoms with Crippen molar-refractivity contribution in [2.45, 2.75) is 6.92 Å². The van der Waals surface area contributed by atoms with Crippen molar-refractivity contribution < 1.29 is 0 Å². The maximum absolute atomic E-state index is 4.01. The molecule has 8 heavy (non-hydrogen) atoms. The van der Waals surface area contributed by atoms with Crippen molar-refractivity contribution in [2.24, 2.45) is 0 Å². The molecule has 0 radical (unpaired) electrons. The topological polar surface area (TPSA) is 17.8 Å². The second-order valence-electron chi connectivity index (χ2n) is 1.53. The maximum atomic E-state index is 4.01. The summed E-state index contributed by atoms with van der Waals surface area (Å²) in [4.78, 5) is 0. The highest BCUT2D eigenvalue weighted by atomic mass is 32.2. The van der Waals surface area contributed by atoms with E-state index >= 15 is 0 Å². The number of nitrogens with zero attached hydrogens (tertiary/aromatic N) is 2. The molecular weight excluding hydrogens is 120 g/mol. The van der Waals surface area contributed by atoms with Crippen molar-refractivity contribution >= 4 is 11.9 Å². The molecule has 0 bridgehead atoms. The quantitative estimate of drug-likeness (QED) is 0.567. The molecule has 0 aliphatic heterocycles. The van der Waals surface area contributed by atoms with Gasteiger partial charge in [0.25, 0.3) is 0 Å². The molecule has 0 aliphatic carbocycles. The lowest BCUT2D eigenvalue weighted by atomic mass is 10.5. The summed E-state index contributed by atoms with van der Waals surface area (Å²) in [5.74, 6) is 0. The van der Waals surface area contributed by atoms with E-state index in [1.165, 1.54) is 5.69 Å². The molecule has 3 heteroatoms. The molecule has 0 spiro atoms. The Morgan fingerprint density at radius 3 is 2.75 bits per heavy atom. The third kappa shape index (κ3) is 0.865. The molecule has 0 unspecified atom stereocenters. The Kier molecular flexibility index (Phi) is 1.58. The van der Waals surface area contributed by atoms with Crippen LogP contribution in [0, 0.1) is 6.92 Å². The van der Waals surface area contributed by atoms with E-state index in [9.17, 15) is 0 Å². The second kappa shape index (κ2) is 2.22. The van der Waals surface area contributed by atoms with Gasteiger partial charge in [-0.3, -0.25) is 0 Å². The van der Waals surface area contributed by atoms with Crippen molar-refractivity contribution in [3.8, 4) is 0 Å². The smallest absolute Gasteiger partial charge is 0.0503 e. The first-order chi connectivity index (χ1) is 3.84. The summed E-state index contributed by atoms with van der Waals surface area (Å²) in [6.45, 7) is 2.03. The van der Waals surface area contributed by atoms with Crippen molar-refractivity contribution in [2.75, 3.05) is 6.26 Å². The fourth-order valence-electron chi connectivity index (χ4n) is 0.548. The van der Waals surface area contributed by atoms with Crippen molar-refractivity contribution in [1.29, 1.82) is 0 Å². The molecule has 1 aromatic rings. The molecule has 1 aromatic heterocycles. The van der Waals surface area contributed by atoms with Gasteiger partial charge in [-0.05, 0) is 24.9 Å². The van der Waals surface area contributed by atoms with Crippen LogP contribution in [0.5, 0.6) is 0 Å². The van der Waals surface area contributed by atoms with E-state index in [-0.39, 0.29) is 0 Å². The van der Waals surface area contributed by atoms with E-state index in [0.29, 0.717) is 0 Å². The Morgan fingerprint density at radius 1 is 1.75 bits per heavy atom. The highest BCUT2D eigenvalue weighted by Gasteiger charge is 1.89. The van der Waals surface area contributed by atoms with Gasteiger partial charge in [-0.2, -0.15) is 5.10 Å². The van der Waals surface area contributed by atoms with Crippen LogP contribution in [0.2, 0.25) is 0 Å². The Bertz CT molecular complexity index is 171. The third-order valence-electron chi connectivity index (χ3n) is 0.962. The largest absolute Gasteiger partial charge is 0.212 e. The molecule has 2 nitrogen and oxygen atoms in total. The van der Waals surface area contributed by atoms with Crippen LogP contribution in [-0.2, 0) is 0 Å². The van der Waals surface area contributed by atoms with Gasteiger partial charge in [-0.25, -0.2) is 4.09 Å². The van der Waals surface area contributed by atoms with Crippen LogP contribution in [0.4, 0.5) is 0 Å². The second-order valence-corrected chi connectivity index (χ2v) is 2.24. The fourth-order valence-corrected chi connectivity index (χ4v) is 1.05. The minimum absolute atomic E-state index is 1.19.